The highest BCUT2D eigenvalue weighted by atomic mass is 16.3. The lowest BCUT2D eigenvalue weighted by Gasteiger charge is -2.10. The maximum absolute atomic E-state index is 11.7. The van der Waals surface area contributed by atoms with Gasteiger partial charge in [0.1, 0.15) is 5.75 Å². The van der Waals surface area contributed by atoms with E-state index in [2.05, 4.69) is 10.6 Å². The molecule has 20 heavy (non-hydrogen) atoms. The van der Waals surface area contributed by atoms with Gasteiger partial charge in [0, 0.05) is 6.54 Å². The van der Waals surface area contributed by atoms with Crippen molar-refractivity contribution < 1.29 is 14.7 Å². The highest BCUT2D eigenvalue weighted by molar-refractivity contribution is 6.39. The molecule has 0 fully saturated rings. The van der Waals surface area contributed by atoms with Gasteiger partial charge < -0.3 is 20.6 Å². The third-order valence-electron chi connectivity index (χ3n) is 2.67. The first-order chi connectivity index (χ1) is 9.40. The molecule has 0 aliphatic carbocycles. The molecule has 0 spiro atoms. The predicted molar refractivity (Wildman–Crippen MR) is 77.7 cm³/mol. The van der Waals surface area contributed by atoms with Gasteiger partial charge in [0.15, 0.2) is 0 Å². The molecule has 0 saturated heterocycles. The number of amides is 2. The molecule has 0 aliphatic heterocycles. The van der Waals surface area contributed by atoms with Crippen LogP contribution in [0.25, 0.3) is 0 Å². The van der Waals surface area contributed by atoms with E-state index in [0.717, 1.165) is 18.5 Å². The largest absolute Gasteiger partial charge is 0.506 e. The first kappa shape index (κ1) is 16.0. The first-order valence-electron chi connectivity index (χ1n) is 6.43. The quantitative estimate of drug-likeness (QED) is 0.421. The Morgan fingerprint density at radius 2 is 1.95 bits per heavy atom. The van der Waals surface area contributed by atoms with Crippen molar-refractivity contribution in [2.24, 2.45) is 0 Å². The highest BCUT2D eigenvalue weighted by Crippen LogP contribution is 2.23. The molecule has 3 N–H and O–H groups in total. The number of phenols is 1. The van der Waals surface area contributed by atoms with Crippen LogP contribution in [0.5, 0.6) is 5.75 Å². The predicted octanol–water partition coefficient (Wildman–Crippen LogP) is 0.707. The Hall–Kier alpha value is -2.08. The average Bonchev–Trinajstić information content (AvgIpc) is 2.38. The Morgan fingerprint density at radius 1 is 1.25 bits per heavy atom. The Morgan fingerprint density at radius 3 is 2.60 bits per heavy atom. The van der Waals surface area contributed by atoms with E-state index >= 15 is 0 Å². The normalized spacial score (nSPS) is 10.4. The molecule has 0 bridgehead atoms. The van der Waals surface area contributed by atoms with Crippen molar-refractivity contribution >= 4 is 17.5 Å². The summed E-state index contributed by atoms with van der Waals surface area (Å²) in [6, 6.07) is 4.79. The van der Waals surface area contributed by atoms with Crippen LogP contribution in [0.2, 0.25) is 0 Å². The Kier molecular flexibility index (Phi) is 5.99. The first-order valence-corrected chi connectivity index (χ1v) is 6.43. The Balaban J connectivity index is 2.45. The topological polar surface area (TPSA) is 81.7 Å². The number of nitrogens with zero attached hydrogens (tertiary/aromatic N) is 1. The van der Waals surface area contributed by atoms with Gasteiger partial charge in [-0.05, 0) is 51.7 Å². The zero-order chi connectivity index (χ0) is 15.1. The summed E-state index contributed by atoms with van der Waals surface area (Å²) in [5, 5.41) is 14.5. The van der Waals surface area contributed by atoms with Crippen LogP contribution < -0.4 is 10.6 Å². The van der Waals surface area contributed by atoms with E-state index in [1.165, 1.54) is 6.07 Å². The minimum absolute atomic E-state index is 0.0654. The van der Waals surface area contributed by atoms with Crippen molar-refractivity contribution in [1.29, 1.82) is 0 Å². The molecule has 0 aromatic heterocycles. The van der Waals surface area contributed by atoms with Gasteiger partial charge in [-0.2, -0.15) is 0 Å². The van der Waals surface area contributed by atoms with Gasteiger partial charge in [0.25, 0.3) is 0 Å². The molecule has 0 heterocycles. The van der Waals surface area contributed by atoms with Gasteiger partial charge in [0.05, 0.1) is 5.69 Å². The van der Waals surface area contributed by atoms with E-state index in [4.69, 9.17) is 0 Å². The fourth-order valence-electron chi connectivity index (χ4n) is 1.61. The van der Waals surface area contributed by atoms with Crippen LogP contribution in [0.4, 0.5) is 5.69 Å². The van der Waals surface area contributed by atoms with E-state index in [0.29, 0.717) is 6.54 Å². The third kappa shape index (κ3) is 5.27. The van der Waals surface area contributed by atoms with E-state index in [1.807, 2.05) is 25.9 Å². The molecule has 0 radical (unpaired) electrons. The van der Waals surface area contributed by atoms with Crippen LogP contribution in [-0.4, -0.2) is 49.0 Å². The van der Waals surface area contributed by atoms with Crippen molar-refractivity contribution in [3.63, 3.8) is 0 Å². The van der Waals surface area contributed by atoms with E-state index in [-0.39, 0.29) is 11.4 Å². The number of carbonyl (C=O) groups is 2. The van der Waals surface area contributed by atoms with Crippen molar-refractivity contribution in [2.75, 3.05) is 32.5 Å². The lowest BCUT2D eigenvalue weighted by molar-refractivity contribution is -0.136. The lowest BCUT2D eigenvalue weighted by Crippen LogP contribution is -2.36. The molecule has 1 rings (SSSR count). The molecule has 1 aromatic rings. The summed E-state index contributed by atoms with van der Waals surface area (Å²) in [5.74, 6) is -1.55. The molecule has 0 atom stereocenters. The highest BCUT2D eigenvalue weighted by Gasteiger charge is 2.14. The second-order valence-electron chi connectivity index (χ2n) is 4.89. The summed E-state index contributed by atoms with van der Waals surface area (Å²) in [4.78, 5) is 25.2. The molecule has 110 valence electrons. The Labute approximate surface area is 118 Å². The van der Waals surface area contributed by atoms with Crippen molar-refractivity contribution in [3.05, 3.63) is 23.8 Å². The minimum Gasteiger partial charge on any atom is -0.506 e. The summed E-state index contributed by atoms with van der Waals surface area (Å²) < 4.78 is 0. The monoisotopic (exact) mass is 279 g/mol. The number of phenolic OH excluding ortho intramolecular Hbond substituents is 1. The molecule has 6 nitrogen and oxygen atoms in total. The number of rotatable bonds is 5. The number of benzene rings is 1. The zero-order valence-electron chi connectivity index (χ0n) is 12.1. The molecule has 6 heteroatoms. The van der Waals surface area contributed by atoms with Crippen LogP contribution in [0, 0.1) is 6.92 Å². The molecule has 2 amide bonds. The molecular weight excluding hydrogens is 258 g/mol. The second kappa shape index (κ2) is 7.49. The molecule has 0 saturated carbocycles. The SMILES string of the molecule is Cc1ccc(O)c(NC(=O)C(=O)NCCCN(C)C)c1. The standard InChI is InChI=1S/C14H21N3O3/c1-10-5-6-12(18)11(9-10)16-14(20)13(19)15-7-4-8-17(2)3/h5-6,9,18H,4,7-8H2,1-3H3,(H,15,19)(H,16,20). The molecular formula is C14H21N3O3. The van der Waals surface area contributed by atoms with Crippen LogP contribution in [0.3, 0.4) is 0 Å². The number of hydrogen-bond donors (Lipinski definition) is 3. The molecule has 0 unspecified atom stereocenters. The van der Waals surface area contributed by atoms with Gasteiger partial charge in [0.2, 0.25) is 0 Å². The summed E-state index contributed by atoms with van der Waals surface area (Å²) in [7, 11) is 3.88. The maximum atomic E-state index is 11.7. The lowest BCUT2D eigenvalue weighted by atomic mass is 10.2. The third-order valence-corrected chi connectivity index (χ3v) is 2.67. The summed E-state index contributed by atoms with van der Waals surface area (Å²) in [6.07, 6.45) is 0.766. The smallest absolute Gasteiger partial charge is 0.313 e. The number of anilines is 1. The second-order valence-corrected chi connectivity index (χ2v) is 4.89. The fraction of sp³-hybridized carbons (Fsp3) is 0.429. The van der Waals surface area contributed by atoms with Crippen molar-refractivity contribution in [3.8, 4) is 5.75 Å². The summed E-state index contributed by atoms with van der Waals surface area (Å²) in [5.41, 5.74) is 1.11. The zero-order valence-corrected chi connectivity index (χ0v) is 12.1. The average molecular weight is 279 g/mol. The van der Waals surface area contributed by atoms with E-state index < -0.39 is 11.8 Å². The maximum Gasteiger partial charge on any atom is 0.313 e. The van der Waals surface area contributed by atoms with E-state index in [9.17, 15) is 14.7 Å². The van der Waals surface area contributed by atoms with Crippen LogP contribution >= 0.6 is 0 Å². The Bertz CT molecular complexity index is 487. The van der Waals surface area contributed by atoms with Crippen molar-refractivity contribution in [2.45, 2.75) is 13.3 Å². The number of carbonyl (C=O) groups excluding carboxylic acids is 2. The van der Waals surface area contributed by atoms with Crippen LogP contribution in [0.15, 0.2) is 18.2 Å². The number of aromatic hydroxyl groups is 1. The molecule has 1 aromatic carbocycles. The van der Waals surface area contributed by atoms with Crippen LogP contribution in [0.1, 0.15) is 12.0 Å². The number of hydrogen-bond acceptors (Lipinski definition) is 4. The number of nitrogens with one attached hydrogen (secondary N) is 2. The van der Waals surface area contributed by atoms with Gasteiger partial charge in [-0.1, -0.05) is 6.07 Å². The van der Waals surface area contributed by atoms with Gasteiger partial charge >= 0.3 is 11.8 Å². The van der Waals surface area contributed by atoms with Crippen LogP contribution in [-0.2, 0) is 9.59 Å². The molecule has 0 aliphatic rings. The summed E-state index contributed by atoms with van der Waals surface area (Å²) in [6.45, 7) is 3.10. The van der Waals surface area contributed by atoms with Crippen molar-refractivity contribution in [1.82, 2.24) is 10.2 Å². The minimum atomic E-state index is -0.782. The van der Waals surface area contributed by atoms with Gasteiger partial charge in [-0.15, -0.1) is 0 Å². The van der Waals surface area contributed by atoms with Gasteiger partial charge in [-0.3, -0.25) is 9.59 Å². The number of aryl methyl sites for hydroxylation is 1. The van der Waals surface area contributed by atoms with E-state index in [1.54, 1.807) is 12.1 Å². The van der Waals surface area contributed by atoms with Gasteiger partial charge in [-0.25, -0.2) is 0 Å². The fourth-order valence-corrected chi connectivity index (χ4v) is 1.61. The summed E-state index contributed by atoms with van der Waals surface area (Å²) >= 11 is 0.